The van der Waals surface area contributed by atoms with Crippen molar-refractivity contribution in [1.29, 1.82) is 0 Å². The molecule has 1 aliphatic heterocycles. The molecule has 1 aliphatic rings. The van der Waals surface area contributed by atoms with Crippen molar-refractivity contribution in [3.05, 3.63) is 87.8 Å². The van der Waals surface area contributed by atoms with Crippen LogP contribution in [0.15, 0.2) is 76.6 Å². The first kappa shape index (κ1) is 28.9. The second-order valence-corrected chi connectivity index (χ2v) is 9.10. The number of pyridine rings is 1. The fourth-order valence-electron chi connectivity index (χ4n) is 3.41. The number of carboxylic acids is 1. The number of aryl methyl sites for hydroxylation is 1. The maximum Gasteiger partial charge on any atom is 0.329 e. The average molecular weight is 554 g/mol. The number of amides is 4. The number of aromatic nitrogens is 1. The van der Waals surface area contributed by atoms with Crippen molar-refractivity contribution in [3.8, 4) is 11.5 Å². The summed E-state index contributed by atoms with van der Waals surface area (Å²) < 4.78 is 7.06. The molecule has 0 saturated carbocycles. The van der Waals surface area contributed by atoms with E-state index in [1.54, 1.807) is 55.7 Å². The van der Waals surface area contributed by atoms with E-state index in [4.69, 9.17) is 21.4 Å². The molecule has 0 radical (unpaired) electrons. The summed E-state index contributed by atoms with van der Waals surface area (Å²) in [6.07, 6.45) is 1.64. The molecule has 2 N–H and O–H groups in total. The number of carbonyl (C=O) groups is 3. The highest BCUT2D eigenvalue weighted by Crippen LogP contribution is 2.23. The summed E-state index contributed by atoms with van der Waals surface area (Å²) in [7, 11) is 1.68. The van der Waals surface area contributed by atoms with Crippen molar-refractivity contribution < 1.29 is 24.2 Å². The first-order valence-electron chi connectivity index (χ1n) is 11.8. The Bertz CT molecular complexity index is 1390. The third-order valence-electron chi connectivity index (χ3n) is 5.65. The van der Waals surface area contributed by atoms with Crippen LogP contribution in [-0.4, -0.2) is 57.4 Å². The smallest absolute Gasteiger partial charge is 0.329 e. The van der Waals surface area contributed by atoms with E-state index in [0.29, 0.717) is 23.1 Å². The molecule has 0 spiro atoms. The molecule has 12 heteroatoms. The molecule has 0 bridgehead atoms. The first-order chi connectivity index (χ1) is 18.6. The Hall–Kier alpha value is -4.64. The highest BCUT2D eigenvalue weighted by atomic mass is 35.5. The fourth-order valence-corrected chi connectivity index (χ4v) is 3.54. The van der Waals surface area contributed by atoms with E-state index in [-0.39, 0.29) is 18.8 Å². The van der Waals surface area contributed by atoms with E-state index in [9.17, 15) is 19.2 Å². The summed E-state index contributed by atoms with van der Waals surface area (Å²) in [5.41, 5.74) is 1.58. The maximum atomic E-state index is 12.3. The topological polar surface area (TPSA) is 134 Å². The number of carboxylic acid groups (broad SMARTS) is 1. The van der Waals surface area contributed by atoms with Crippen molar-refractivity contribution in [1.82, 2.24) is 19.7 Å². The summed E-state index contributed by atoms with van der Waals surface area (Å²) in [6.45, 7) is 5.09. The number of ether oxygens (including phenoxy) is 1. The van der Waals surface area contributed by atoms with Crippen LogP contribution in [0.25, 0.3) is 0 Å². The van der Waals surface area contributed by atoms with Crippen LogP contribution in [-0.2, 0) is 18.4 Å². The normalized spacial score (nSPS) is 13.6. The minimum Gasteiger partial charge on any atom is -0.481 e. The van der Waals surface area contributed by atoms with Crippen molar-refractivity contribution in [2.45, 2.75) is 13.5 Å². The fraction of sp³-hybridized carbons (Fsp3) is 0.222. The molecular weight excluding hydrogens is 526 g/mol. The number of halogens is 1. The Labute approximate surface area is 229 Å². The Morgan fingerprint density at radius 1 is 1.08 bits per heavy atom. The van der Waals surface area contributed by atoms with Crippen LogP contribution in [0.2, 0.25) is 5.02 Å². The van der Waals surface area contributed by atoms with Gasteiger partial charge in [-0.3, -0.25) is 14.6 Å². The number of rotatable bonds is 8. The lowest BCUT2D eigenvalue weighted by atomic mass is 10.1. The van der Waals surface area contributed by atoms with Crippen LogP contribution in [0.4, 0.5) is 15.3 Å². The maximum absolute atomic E-state index is 12.3. The summed E-state index contributed by atoms with van der Waals surface area (Å²) in [4.78, 5) is 52.3. The number of carbonyl (C=O) groups excluding carboxylic acids is 2. The lowest BCUT2D eigenvalue weighted by Gasteiger charge is -2.35. The van der Waals surface area contributed by atoms with Gasteiger partial charge in [-0.05, 0) is 54.7 Å². The van der Waals surface area contributed by atoms with Crippen molar-refractivity contribution in [2.75, 3.05) is 13.2 Å². The zero-order chi connectivity index (χ0) is 28.5. The zero-order valence-corrected chi connectivity index (χ0v) is 22.2. The number of hydrogen-bond acceptors (Lipinski definition) is 6. The molecule has 1 atom stereocenters. The average Bonchev–Trinajstić information content (AvgIpc) is 2.92. The summed E-state index contributed by atoms with van der Waals surface area (Å²) >= 11 is 5.81. The van der Waals surface area contributed by atoms with Crippen LogP contribution in [0.1, 0.15) is 12.5 Å². The van der Waals surface area contributed by atoms with Gasteiger partial charge < -0.3 is 24.6 Å². The summed E-state index contributed by atoms with van der Waals surface area (Å²) in [5, 5.41) is 12.1. The second-order valence-electron chi connectivity index (χ2n) is 8.66. The third-order valence-corrected chi connectivity index (χ3v) is 5.90. The highest BCUT2D eigenvalue weighted by Gasteiger charge is 2.33. The van der Waals surface area contributed by atoms with Crippen molar-refractivity contribution in [3.63, 3.8) is 0 Å². The van der Waals surface area contributed by atoms with E-state index in [2.05, 4.69) is 17.0 Å². The molecule has 2 heterocycles. The molecule has 4 rings (SSSR count). The zero-order valence-electron chi connectivity index (χ0n) is 21.4. The number of imide groups is 1. The van der Waals surface area contributed by atoms with E-state index in [1.165, 1.54) is 22.5 Å². The Balaban J connectivity index is 0.000000223. The molecule has 1 aromatic heterocycles. The largest absolute Gasteiger partial charge is 0.481 e. The van der Waals surface area contributed by atoms with Gasteiger partial charge in [-0.25, -0.2) is 14.5 Å². The Kier molecular flexibility index (Phi) is 9.82. The molecule has 2 aromatic carbocycles. The second kappa shape index (κ2) is 13.2. The van der Waals surface area contributed by atoms with Gasteiger partial charge >= 0.3 is 18.0 Å². The quantitative estimate of drug-likeness (QED) is 0.395. The number of nitrogens with one attached hydrogen (secondary N) is 1. The lowest BCUT2D eigenvalue weighted by molar-refractivity contribution is -0.141. The van der Waals surface area contributed by atoms with Gasteiger partial charge in [0, 0.05) is 37.4 Å². The number of benzene rings is 2. The molecule has 1 saturated heterocycles. The van der Waals surface area contributed by atoms with E-state index in [1.807, 2.05) is 12.1 Å². The molecule has 1 fully saturated rings. The molecule has 0 aliphatic carbocycles. The van der Waals surface area contributed by atoms with Gasteiger partial charge in [0.05, 0.1) is 18.3 Å². The van der Waals surface area contributed by atoms with Gasteiger partial charge in [-0.1, -0.05) is 30.7 Å². The minimum atomic E-state index is -1.06. The molecule has 204 valence electrons. The van der Waals surface area contributed by atoms with Crippen LogP contribution in [0, 0.1) is 5.92 Å². The monoisotopic (exact) mass is 553 g/mol. The van der Waals surface area contributed by atoms with Crippen LogP contribution >= 0.6 is 11.6 Å². The molecule has 11 nitrogen and oxygen atoms in total. The van der Waals surface area contributed by atoms with Gasteiger partial charge in [0.1, 0.15) is 11.5 Å². The van der Waals surface area contributed by atoms with E-state index < -0.39 is 23.9 Å². The number of nitrogens with zero attached hydrogens (tertiary/aromatic N) is 4. The van der Waals surface area contributed by atoms with Crippen LogP contribution in [0.3, 0.4) is 0 Å². The third kappa shape index (κ3) is 8.17. The predicted molar refractivity (Wildman–Crippen MR) is 147 cm³/mol. The van der Waals surface area contributed by atoms with E-state index in [0.717, 1.165) is 16.2 Å². The summed E-state index contributed by atoms with van der Waals surface area (Å²) in [6, 6.07) is 16.3. The number of urea groups is 2. The molecular formula is C27H28ClN5O6. The molecule has 3 aromatic rings. The molecule has 4 amide bonds. The lowest BCUT2D eigenvalue weighted by Crippen LogP contribution is -2.60. The van der Waals surface area contributed by atoms with Gasteiger partial charge in [0.15, 0.2) is 0 Å². The van der Waals surface area contributed by atoms with Gasteiger partial charge in [-0.2, -0.15) is 0 Å². The highest BCUT2D eigenvalue weighted by molar-refractivity contribution is 6.30. The number of aliphatic carboxylic acids is 1. The van der Waals surface area contributed by atoms with Gasteiger partial charge in [-0.15, -0.1) is 0 Å². The minimum absolute atomic E-state index is 0.0662. The predicted octanol–water partition coefficient (Wildman–Crippen LogP) is 4.48. The van der Waals surface area contributed by atoms with Gasteiger partial charge in [0.2, 0.25) is 0 Å². The Morgan fingerprint density at radius 2 is 1.72 bits per heavy atom. The van der Waals surface area contributed by atoms with E-state index >= 15 is 0 Å². The van der Waals surface area contributed by atoms with Crippen molar-refractivity contribution >= 4 is 42.0 Å². The van der Waals surface area contributed by atoms with Gasteiger partial charge in [0.25, 0.3) is 5.56 Å². The first-order valence-corrected chi connectivity index (χ1v) is 12.2. The summed E-state index contributed by atoms with van der Waals surface area (Å²) in [5.74, 6) is -0.580. The Morgan fingerprint density at radius 3 is 2.31 bits per heavy atom. The standard InChI is InChI=1S/C14H16ClN3O4.C13H12N2O2/c1-9(12(19)20)6-18-13(21)16-8-17(14(18)22)7-10-2-4-11(15)5-3-10;1-14-10-3-5-11(6-4-10)17-12-7-8-13(16)15(2)9-12/h2-5,9H,6-8H2,1H3,(H,16,21)(H,19,20);3-9H,1H2,2H3/t9-;/m0./s1. The van der Waals surface area contributed by atoms with Crippen molar-refractivity contribution in [2.24, 2.45) is 18.0 Å². The number of hydrogen-bond donors (Lipinski definition) is 2. The SMILES string of the molecule is C=Nc1ccc(Oc2ccc(=O)n(C)c2)cc1.C[C@@H](CN1C(=O)NCN(Cc2ccc(Cl)cc2)C1=O)C(=O)O. The molecule has 39 heavy (non-hydrogen) atoms. The number of aliphatic imine (C=N–C) groups is 1. The molecule has 0 unspecified atom stereocenters. The van der Waals surface area contributed by atoms with Crippen LogP contribution < -0.4 is 15.6 Å². The van der Waals surface area contributed by atoms with Crippen LogP contribution in [0.5, 0.6) is 11.5 Å².